The predicted molar refractivity (Wildman–Crippen MR) is 95.0 cm³/mol. The molecule has 0 atom stereocenters. The van der Waals surface area contributed by atoms with E-state index >= 15 is 0 Å². The molecule has 3 aromatic rings. The minimum atomic E-state index is -0.684. The lowest BCUT2D eigenvalue weighted by molar-refractivity contribution is -0.118. The lowest BCUT2D eigenvalue weighted by Crippen LogP contribution is -2.28. The van der Waals surface area contributed by atoms with E-state index in [1.165, 1.54) is 18.4 Å². The molecule has 0 spiro atoms. The number of aromatic nitrogens is 1. The van der Waals surface area contributed by atoms with Gasteiger partial charge in [-0.15, -0.1) is 22.7 Å². The average molecular weight is 374 g/mol. The summed E-state index contributed by atoms with van der Waals surface area (Å²) in [6.45, 7) is 0. The van der Waals surface area contributed by atoms with Gasteiger partial charge < -0.3 is 14.6 Å². The number of ether oxygens (including phenoxy) is 1. The van der Waals surface area contributed by atoms with Crippen molar-refractivity contribution >= 4 is 39.6 Å². The number of amides is 1. The second-order valence-electron chi connectivity index (χ2n) is 5.74. The standard InChI is InChI=1S/C17H14N2O4S2/c1-22-15(20)10-4-8-25-14(10)18-16(21)17(5-6-17)13-9-11(23-19-13)12-3-2-7-24-12/h2-4,7-9H,5-6H2,1H3,(H,18,21). The highest BCUT2D eigenvalue weighted by Crippen LogP contribution is 2.49. The SMILES string of the molecule is COC(=O)c1ccsc1NC(=O)C1(c2cc(-c3cccs3)on2)CC1. The topological polar surface area (TPSA) is 81.4 Å². The fraction of sp³-hybridized carbons (Fsp3) is 0.235. The van der Waals surface area contributed by atoms with Crippen molar-refractivity contribution in [2.75, 3.05) is 12.4 Å². The second kappa shape index (κ2) is 6.12. The van der Waals surface area contributed by atoms with Gasteiger partial charge in [0.25, 0.3) is 0 Å². The Labute approximate surface area is 151 Å². The van der Waals surface area contributed by atoms with Crippen molar-refractivity contribution in [1.82, 2.24) is 5.16 Å². The number of rotatable bonds is 5. The van der Waals surface area contributed by atoms with Crippen LogP contribution in [-0.2, 0) is 14.9 Å². The van der Waals surface area contributed by atoms with Crippen LogP contribution in [0.3, 0.4) is 0 Å². The number of carbonyl (C=O) groups is 2. The van der Waals surface area contributed by atoms with Crippen molar-refractivity contribution < 1.29 is 18.8 Å². The van der Waals surface area contributed by atoms with Gasteiger partial charge in [-0.05, 0) is 35.7 Å². The number of carbonyl (C=O) groups excluding carboxylic acids is 2. The van der Waals surface area contributed by atoms with Crippen LogP contribution in [0.1, 0.15) is 28.9 Å². The molecule has 3 heterocycles. The van der Waals surface area contributed by atoms with Crippen molar-refractivity contribution in [2.24, 2.45) is 0 Å². The molecular weight excluding hydrogens is 360 g/mol. The number of methoxy groups -OCH3 is 1. The van der Waals surface area contributed by atoms with Crippen LogP contribution in [0.2, 0.25) is 0 Å². The first-order valence-electron chi connectivity index (χ1n) is 7.62. The molecule has 4 rings (SSSR count). The van der Waals surface area contributed by atoms with E-state index in [-0.39, 0.29) is 5.91 Å². The summed E-state index contributed by atoms with van der Waals surface area (Å²) in [4.78, 5) is 25.5. The van der Waals surface area contributed by atoms with Crippen LogP contribution < -0.4 is 5.32 Å². The first kappa shape index (κ1) is 16.0. The van der Waals surface area contributed by atoms with Crippen molar-refractivity contribution in [3.63, 3.8) is 0 Å². The van der Waals surface area contributed by atoms with E-state index in [4.69, 9.17) is 9.26 Å². The molecule has 0 bridgehead atoms. The zero-order chi connectivity index (χ0) is 17.4. The molecule has 6 nitrogen and oxygen atoms in total. The monoisotopic (exact) mass is 374 g/mol. The first-order valence-corrected chi connectivity index (χ1v) is 9.38. The normalized spacial score (nSPS) is 14.9. The van der Waals surface area contributed by atoms with Crippen LogP contribution in [0.5, 0.6) is 0 Å². The highest BCUT2D eigenvalue weighted by molar-refractivity contribution is 7.14. The van der Waals surface area contributed by atoms with Gasteiger partial charge in [0.2, 0.25) is 5.91 Å². The smallest absolute Gasteiger partial charge is 0.340 e. The average Bonchev–Trinajstić information content (AvgIpc) is 3.08. The molecular formula is C17H14N2O4S2. The maximum atomic E-state index is 12.8. The lowest BCUT2D eigenvalue weighted by Gasteiger charge is -2.12. The Hall–Kier alpha value is -2.45. The molecule has 1 amide bonds. The Kier molecular flexibility index (Phi) is 3.93. The predicted octanol–water partition coefficient (Wildman–Crippen LogP) is 3.92. The van der Waals surface area contributed by atoms with Crippen LogP contribution in [-0.4, -0.2) is 24.1 Å². The number of nitrogens with one attached hydrogen (secondary N) is 1. The van der Waals surface area contributed by atoms with E-state index in [2.05, 4.69) is 10.5 Å². The number of thiophene rings is 2. The van der Waals surface area contributed by atoms with Crippen molar-refractivity contribution in [3.05, 3.63) is 46.3 Å². The van der Waals surface area contributed by atoms with Gasteiger partial charge in [0.1, 0.15) is 5.00 Å². The molecule has 0 aliphatic heterocycles. The Morgan fingerprint density at radius 1 is 1.28 bits per heavy atom. The van der Waals surface area contributed by atoms with Gasteiger partial charge in [-0.2, -0.15) is 0 Å². The molecule has 25 heavy (non-hydrogen) atoms. The molecule has 0 aromatic carbocycles. The second-order valence-corrected chi connectivity index (χ2v) is 7.61. The van der Waals surface area contributed by atoms with Crippen LogP contribution >= 0.6 is 22.7 Å². The van der Waals surface area contributed by atoms with Gasteiger partial charge in [-0.1, -0.05) is 11.2 Å². The number of nitrogens with zero attached hydrogens (tertiary/aromatic N) is 1. The molecule has 3 aromatic heterocycles. The molecule has 1 N–H and O–H groups in total. The van der Waals surface area contributed by atoms with Gasteiger partial charge in [0.15, 0.2) is 5.76 Å². The maximum Gasteiger partial charge on any atom is 0.340 e. The molecule has 128 valence electrons. The van der Waals surface area contributed by atoms with Crippen molar-refractivity contribution in [2.45, 2.75) is 18.3 Å². The number of anilines is 1. The van der Waals surface area contributed by atoms with E-state index in [0.29, 0.717) is 34.9 Å². The maximum absolute atomic E-state index is 12.8. The minimum Gasteiger partial charge on any atom is -0.465 e. The van der Waals surface area contributed by atoms with E-state index in [1.807, 2.05) is 23.6 Å². The van der Waals surface area contributed by atoms with E-state index in [9.17, 15) is 9.59 Å². The quantitative estimate of drug-likeness (QED) is 0.685. The summed E-state index contributed by atoms with van der Waals surface area (Å²) in [5, 5.41) is 11.2. The Morgan fingerprint density at radius 2 is 2.12 bits per heavy atom. The number of esters is 1. The first-order chi connectivity index (χ1) is 12.1. The number of hydrogen-bond donors (Lipinski definition) is 1. The molecule has 0 radical (unpaired) electrons. The molecule has 0 unspecified atom stereocenters. The van der Waals surface area contributed by atoms with Crippen LogP contribution in [0, 0.1) is 0 Å². The molecule has 1 saturated carbocycles. The van der Waals surface area contributed by atoms with Crippen molar-refractivity contribution in [3.8, 4) is 10.6 Å². The van der Waals surface area contributed by atoms with Gasteiger partial charge in [0.05, 0.1) is 28.7 Å². The summed E-state index contributed by atoms with van der Waals surface area (Å²) >= 11 is 2.85. The lowest BCUT2D eigenvalue weighted by atomic mass is 10.0. The van der Waals surface area contributed by atoms with Crippen LogP contribution in [0.15, 0.2) is 39.5 Å². The van der Waals surface area contributed by atoms with Gasteiger partial charge in [0, 0.05) is 6.07 Å². The molecule has 0 saturated heterocycles. The summed E-state index contributed by atoms with van der Waals surface area (Å²) < 4.78 is 10.1. The van der Waals surface area contributed by atoms with Crippen molar-refractivity contribution in [1.29, 1.82) is 0 Å². The van der Waals surface area contributed by atoms with Crippen LogP contribution in [0.25, 0.3) is 10.6 Å². The third-order valence-corrected chi connectivity index (χ3v) is 5.96. The molecule has 1 aliphatic carbocycles. The van der Waals surface area contributed by atoms with Gasteiger partial charge in [-0.25, -0.2) is 4.79 Å². The third-order valence-electron chi connectivity index (χ3n) is 4.25. The fourth-order valence-corrected chi connectivity index (χ4v) is 4.10. The summed E-state index contributed by atoms with van der Waals surface area (Å²) in [7, 11) is 1.31. The molecule has 1 fully saturated rings. The van der Waals surface area contributed by atoms with Gasteiger partial charge >= 0.3 is 5.97 Å². The summed E-state index contributed by atoms with van der Waals surface area (Å²) in [6.07, 6.45) is 1.41. The van der Waals surface area contributed by atoms with Gasteiger partial charge in [-0.3, -0.25) is 4.79 Å². The molecule has 8 heteroatoms. The summed E-state index contributed by atoms with van der Waals surface area (Å²) in [5.74, 6) is 0.0180. The Bertz CT molecular complexity index is 922. The summed E-state index contributed by atoms with van der Waals surface area (Å²) in [6, 6.07) is 7.35. The van der Waals surface area contributed by atoms with E-state index in [1.54, 1.807) is 22.8 Å². The minimum absolute atomic E-state index is 0.175. The Balaban J connectivity index is 1.56. The molecule has 1 aliphatic rings. The summed E-state index contributed by atoms with van der Waals surface area (Å²) in [5.41, 5.74) is 0.303. The zero-order valence-electron chi connectivity index (χ0n) is 13.3. The third kappa shape index (κ3) is 2.77. The van der Waals surface area contributed by atoms with E-state index < -0.39 is 11.4 Å². The largest absolute Gasteiger partial charge is 0.465 e. The fourth-order valence-electron chi connectivity index (χ4n) is 2.66. The Morgan fingerprint density at radius 3 is 2.80 bits per heavy atom. The van der Waals surface area contributed by atoms with Crippen LogP contribution in [0.4, 0.5) is 5.00 Å². The highest BCUT2D eigenvalue weighted by atomic mass is 32.1. The zero-order valence-corrected chi connectivity index (χ0v) is 14.9. The highest BCUT2D eigenvalue weighted by Gasteiger charge is 2.54. The number of hydrogen-bond acceptors (Lipinski definition) is 7. The van der Waals surface area contributed by atoms with E-state index in [0.717, 1.165) is 4.88 Å².